The van der Waals surface area contributed by atoms with Crippen molar-refractivity contribution in [3.05, 3.63) is 41.3 Å². The molecule has 0 bridgehead atoms. The number of rotatable bonds is 2. The van der Waals surface area contributed by atoms with Crippen molar-refractivity contribution in [3.63, 3.8) is 0 Å². The van der Waals surface area contributed by atoms with Gasteiger partial charge in [-0.3, -0.25) is 0 Å². The molecule has 0 aliphatic carbocycles. The number of aryl methyl sites for hydroxylation is 2. The highest BCUT2D eigenvalue weighted by Crippen LogP contribution is 2.33. The number of hydrogen-bond acceptors (Lipinski definition) is 5. The first-order chi connectivity index (χ1) is 10.4. The summed E-state index contributed by atoms with van der Waals surface area (Å²) in [6.07, 6.45) is -4.43. The maximum absolute atomic E-state index is 12.7. The third-order valence-corrected chi connectivity index (χ3v) is 3.11. The largest absolute Gasteiger partial charge is 0.416 e. The lowest BCUT2D eigenvalue weighted by Crippen LogP contribution is -2.04. The number of aromatic nitrogens is 3. The van der Waals surface area contributed by atoms with Gasteiger partial charge in [0.2, 0.25) is 5.89 Å². The molecule has 0 spiro atoms. The molecule has 0 N–H and O–H groups in total. The molecule has 3 aromatic rings. The molecule has 0 amide bonds. The summed E-state index contributed by atoms with van der Waals surface area (Å²) in [5.41, 5.74) is 0.532. The third kappa shape index (κ3) is 2.47. The minimum Gasteiger partial charge on any atom is -0.416 e. The van der Waals surface area contributed by atoms with Gasteiger partial charge in [-0.15, -0.1) is 10.2 Å². The first-order valence-corrected chi connectivity index (χ1v) is 6.30. The van der Waals surface area contributed by atoms with Crippen LogP contribution in [0.15, 0.2) is 33.2 Å². The van der Waals surface area contributed by atoms with Gasteiger partial charge in [0.1, 0.15) is 11.3 Å². The summed E-state index contributed by atoms with van der Waals surface area (Å²) < 4.78 is 48.6. The van der Waals surface area contributed by atoms with Crippen molar-refractivity contribution in [1.82, 2.24) is 15.4 Å². The highest BCUT2D eigenvalue weighted by atomic mass is 19.4. The Kier molecular flexibility index (Phi) is 3.23. The van der Waals surface area contributed by atoms with Crippen LogP contribution in [0.1, 0.15) is 17.0 Å². The molecule has 114 valence electrons. The van der Waals surface area contributed by atoms with Crippen molar-refractivity contribution < 1.29 is 22.1 Å². The summed E-state index contributed by atoms with van der Waals surface area (Å²) >= 11 is 0. The molecule has 3 rings (SSSR count). The number of hydrogen-bond donors (Lipinski definition) is 0. The fourth-order valence-electron chi connectivity index (χ4n) is 2.06. The van der Waals surface area contributed by atoms with Crippen molar-refractivity contribution in [1.29, 1.82) is 0 Å². The van der Waals surface area contributed by atoms with Crippen LogP contribution in [0.5, 0.6) is 0 Å². The average Bonchev–Trinajstić information content (AvgIpc) is 3.05. The molecule has 0 fully saturated rings. The predicted octanol–water partition coefficient (Wildman–Crippen LogP) is 4.03. The lowest BCUT2D eigenvalue weighted by molar-refractivity contribution is -0.137. The van der Waals surface area contributed by atoms with E-state index in [2.05, 4.69) is 15.4 Å². The Hall–Kier alpha value is -2.64. The zero-order chi connectivity index (χ0) is 15.9. The molecule has 5 nitrogen and oxygen atoms in total. The lowest BCUT2D eigenvalue weighted by Gasteiger charge is -2.06. The molecule has 22 heavy (non-hydrogen) atoms. The molecule has 2 heterocycles. The van der Waals surface area contributed by atoms with Gasteiger partial charge < -0.3 is 8.94 Å². The second-order valence-electron chi connectivity index (χ2n) is 4.69. The first-order valence-electron chi connectivity index (χ1n) is 6.30. The van der Waals surface area contributed by atoms with Gasteiger partial charge in [0.25, 0.3) is 5.89 Å². The van der Waals surface area contributed by atoms with E-state index in [9.17, 15) is 13.2 Å². The van der Waals surface area contributed by atoms with Gasteiger partial charge in [-0.05, 0) is 32.0 Å². The molecule has 0 unspecified atom stereocenters. The van der Waals surface area contributed by atoms with Crippen LogP contribution >= 0.6 is 0 Å². The highest BCUT2D eigenvalue weighted by Gasteiger charge is 2.31. The van der Waals surface area contributed by atoms with E-state index < -0.39 is 11.7 Å². The molecular weight excluding hydrogens is 299 g/mol. The van der Waals surface area contributed by atoms with Gasteiger partial charge >= 0.3 is 6.18 Å². The second-order valence-corrected chi connectivity index (χ2v) is 4.69. The van der Waals surface area contributed by atoms with Crippen LogP contribution in [0.2, 0.25) is 0 Å². The summed E-state index contributed by atoms with van der Waals surface area (Å²) in [5.74, 6) is 0.654. The van der Waals surface area contributed by atoms with E-state index in [0.29, 0.717) is 17.0 Å². The number of nitrogens with zero attached hydrogens (tertiary/aromatic N) is 3. The Morgan fingerprint density at radius 2 is 1.77 bits per heavy atom. The third-order valence-electron chi connectivity index (χ3n) is 3.11. The van der Waals surface area contributed by atoms with Crippen LogP contribution in [-0.2, 0) is 6.18 Å². The zero-order valence-electron chi connectivity index (χ0n) is 11.6. The van der Waals surface area contributed by atoms with E-state index in [1.807, 2.05) is 0 Å². The molecule has 8 heteroatoms. The van der Waals surface area contributed by atoms with E-state index in [1.165, 1.54) is 12.1 Å². The highest BCUT2D eigenvalue weighted by molar-refractivity contribution is 5.61. The summed E-state index contributed by atoms with van der Waals surface area (Å²) in [6, 6.07) is 4.71. The van der Waals surface area contributed by atoms with E-state index >= 15 is 0 Å². The molecule has 0 radical (unpaired) electrons. The molecule has 0 atom stereocenters. The van der Waals surface area contributed by atoms with E-state index in [4.69, 9.17) is 8.94 Å². The van der Waals surface area contributed by atoms with Gasteiger partial charge in [-0.25, -0.2) is 0 Å². The number of alkyl halides is 3. The topological polar surface area (TPSA) is 65.0 Å². The molecule has 2 aromatic heterocycles. The molecule has 0 saturated carbocycles. The molecule has 0 aliphatic rings. The van der Waals surface area contributed by atoms with Crippen LogP contribution in [0.25, 0.3) is 22.9 Å². The van der Waals surface area contributed by atoms with E-state index in [0.717, 1.165) is 12.1 Å². The van der Waals surface area contributed by atoms with E-state index in [-0.39, 0.29) is 17.3 Å². The number of halogens is 3. The number of benzene rings is 1. The Morgan fingerprint density at radius 3 is 2.41 bits per heavy atom. The van der Waals surface area contributed by atoms with Gasteiger partial charge in [0, 0.05) is 5.56 Å². The predicted molar refractivity (Wildman–Crippen MR) is 69.7 cm³/mol. The zero-order valence-corrected chi connectivity index (χ0v) is 11.6. The monoisotopic (exact) mass is 309 g/mol. The van der Waals surface area contributed by atoms with Crippen LogP contribution in [0.4, 0.5) is 13.2 Å². The van der Waals surface area contributed by atoms with Crippen molar-refractivity contribution in [2.24, 2.45) is 0 Å². The van der Waals surface area contributed by atoms with Crippen molar-refractivity contribution in [3.8, 4) is 22.9 Å². The van der Waals surface area contributed by atoms with E-state index in [1.54, 1.807) is 13.8 Å². The first kappa shape index (κ1) is 14.3. The van der Waals surface area contributed by atoms with Crippen molar-refractivity contribution >= 4 is 0 Å². The Labute approximate surface area is 122 Å². The Morgan fingerprint density at radius 1 is 1.05 bits per heavy atom. The average molecular weight is 309 g/mol. The fourth-order valence-corrected chi connectivity index (χ4v) is 2.06. The SMILES string of the molecule is Cc1noc(C)c1-c1nnc(-c2cccc(C(F)(F)F)c2)o1. The lowest BCUT2D eigenvalue weighted by atomic mass is 10.1. The summed E-state index contributed by atoms with van der Waals surface area (Å²) in [6.45, 7) is 3.39. The maximum Gasteiger partial charge on any atom is 0.416 e. The fraction of sp³-hybridized carbons (Fsp3) is 0.214. The smallest absolute Gasteiger partial charge is 0.416 e. The van der Waals surface area contributed by atoms with Gasteiger partial charge in [-0.2, -0.15) is 13.2 Å². The Bertz CT molecular complexity index is 801. The quantitative estimate of drug-likeness (QED) is 0.715. The van der Waals surface area contributed by atoms with Crippen LogP contribution in [-0.4, -0.2) is 15.4 Å². The van der Waals surface area contributed by atoms with Crippen LogP contribution in [0.3, 0.4) is 0 Å². The normalized spacial score (nSPS) is 11.9. The maximum atomic E-state index is 12.7. The molecule has 0 aliphatic heterocycles. The molecule has 1 aromatic carbocycles. The minimum atomic E-state index is -4.43. The second kappa shape index (κ2) is 4.97. The standard InChI is InChI=1S/C14H10F3N3O2/c1-7-11(8(2)22-20-7)13-19-18-12(21-13)9-4-3-5-10(6-9)14(15,16)17/h3-6H,1-2H3. The molecular formula is C14H10F3N3O2. The van der Waals surface area contributed by atoms with Gasteiger partial charge in [0.15, 0.2) is 0 Å². The Balaban J connectivity index is 2.02. The van der Waals surface area contributed by atoms with Crippen molar-refractivity contribution in [2.45, 2.75) is 20.0 Å². The van der Waals surface area contributed by atoms with Crippen LogP contribution < -0.4 is 0 Å². The summed E-state index contributed by atoms with van der Waals surface area (Å²) in [5, 5.41) is 11.4. The van der Waals surface area contributed by atoms with Crippen LogP contribution in [0, 0.1) is 13.8 Å². The summed E-state index contributed by atoms with van der Waals surface area (Å²) in [4.78, 5) is 0. The molecule has 0 saturated heterocycles. The van der Waals surface area contributed by atoms with Gasteiger partial charge in [0.05, 0.1) is 11.3 Å². The van der Waals surface area contributed by atoms with Crippen molar-refractivity contribution in [2.75, 3.05) is 0 Å². The minimum absolute atomic E-state index is 0.00102. The van der Waals surface area contributed by atoms with Gasteiger partial charge in [-0.1, -0.05) is 11.2 Å². The summed E-state index contributed by atoms with van der Waals surface area (Å²) in [7, 11) is 0.